The second kappa shape index (κ2) is 7.08. The van der Waals surface area contributed by atoms with Gasteiger partial charge in [-0.1, -0.05) is 22.8 Å². The highest BCUT2D eigenvalue weighted by Crippen LogP contribution is 2.35. The first-order chi connectivity index (χ1) is 13.0. The van der Waals surface area contributed by atoms with Crippen molar-refractivity contribution < 1.29 is 18.1 Å². The van der Waals surface area contributed by atoms with Gasteiger partial charge in [-0.15, -0.1) is 0 Å². The monoisotopic (exact) mass is 389 g/mol. The fourth-order valence-corrected chi connectivity index (χ4v) is 3.26. The zero-order valence-electron chi connectivity index (χ0n) is 14.0. The van der Waals surface area contributed by atoms with Crippen molar-refractivity contribution in [3.63, 3.8) is 0 Å². The van der Waals surface area contributed by atoms with Crippen LogP contribution < -0.4 is 0 Å². The number of benzene rings is 2. The summed E-state index contributed by atoms with van der Waals surface area (Å²) in [5, 5.41) is 4.53. The molecule has 1 aliphatic heterocycles. The lowest BCUT2D eigenvalue weighted by molar-refractivity contribution is -0.130. The Morgan fingerprint density at radius 1 is 1.15 bits per heavy atom. The quantitative estimate of drug-likeness (QED) is 0.657. The number of rotatable bonds is 4. The number of amides is 1. The minimum Gasteiger partial charge on any atom is -0.337 e. The van der Waals surface area contributed by atoms with E-state index in [-0.39, 0.29) is 30.3 Å². The Morgan fingerprint density at radius 3 is 2.56 bits per heavy atom. The topological polar surface area (TPSA) is 59.2 Å². The van der Waals surface area contributed by atoms with E-state index in [9.17, 15) is 13.6 Å². The van der Waals surface area contributed by atoms with Gasteiger partial charge in [0.1, 0.15) is 17.7 Å². The number of carbonyl (C=O) groups is 1. The van der Waals surface area contributed by atoms with Crippen molar-refractivity contribution in [3.8, 4) is 11.4 Å². The molecule has 1 saturated heterocycles. The van der Waals surface area contributed by atoms with Gasteiger partial charge in [0.05, 0.1) is 6.54 Å². The third-order valence-corrected chi connectivity index (χ3v) is 4.80. The Labute approximate surface area is 158 Å². The molecule has 2 heterocycles. The van der Waals surface area contributed by atoms with Gasteiger partial charge >= 0.3 is 0 Å². The molecule has 1 aromatic heterocycles. The molecule has 8 heteroatoms. The lowest BCUT2D eigenvalue weighted by atomic mass is 10.1. The van der Waals surface area contributed by atoms with Crippen molar-refractivity contribution in [2.75, 3.05) is 0 Å². The van der Waals surface area contributed by atoms with Gasteiger partial charge in [0, 0.05) is 22.6 Å². The first kappa shape index (κ1) is 17.6. The maximum absolute atomic E-state index is 14.0. The normalized spacial score (nSPS) is 16.9. The second-order valence-electron chi connectivity index (χ2n) is 6.24. The second-order valence-corrected chi connectivity index (χ2v) is 6.68. The molecule has 5 nitrogen and oxygen atoms in total. The van der Waals surface area contributed by atoms with Crippen LogP contribution in [0.2, 0.25) is 5.02 Å². The van der Waals surface area contributed by atoms with E-state index in [2.05, 4.69) is 10.1 Å². The summed E-state index contributed by atoms with van der Waals surface area (Å²) >= 11 is 5.88. The zero-order valence-corrected chi connectivity index (χ0v) is 14.8. The van der Waals surface area contributed by atoms with Crippen LogP contribution in [0.4, 0.5) is 8.78 Å². The Morgan fingerprint density at radius 2 is 1.85 bits per heavy atom. The van der Waals surface area contributed by atoms with E-state index in [0.717, 1.165) is 0 Å². The van der Waals surface area contributed by atoms with E-state index < -0.39 is 17.7 Å². The van der Waals surface area contributed by atoms with Crippen LogP contribution in [0.3, 0.4) is 0 Å². The Kier molecular flexibility index (Phi) is 4.61. The number of carbonyl (C=O) groups excluding carboxylic acids is 1. The number of aromatic nitrogens is 2. The standard InChI is InChI=1S/C19H14ClF2N3O2/c20-12-6-4-11(5-7-12)18-23-19(27-24-18)16-8-9-17(26)25(16)10-13-14(21)2-1-3-15(13)22/h1-7,16H,8-10H2. The molecule has 138 valence electrons. The molecule has 0 aliphatic carbocycles. The van der Waals surface area contributed by atoms with Gasteiger partial charge in [0.25, 0.3) is 0 Å². The van der Waals surface area contributed by atoms with Crippen LogP contribution in [0.15, 0.2) is 47.0 Å². The fraction of sp³-hybridized carbons (Fsp3) is 0.211. The predicted octanol–water partition coefficient (Wildman–Crippen LogP) is 4.53. The first-order valence-corrected chi connectivity index (χ1v) is 8.72. The zero-order chi connectivity index (χ0) is 19.0. The minimum atomic E-state index is -0.694. The molecule has 1 fully saturated rings. The highest BCUT2D eigenvalue weighted by molar-refractivity contribution is 6.30. The summed E-state index contributed by atoms with van der Waals surface area (Å²) in [7, 11) is 0. The third-order valence-electron chi connectivity index (χ3n) is 4.55. The Bertz CT molecular complexity index is 971. The highest BCUT2D eigenvalue weighted by atomic mass is 35.5. The van der Waals surface area contributed by atoms with E-state index in [0.29, 0.717) is 22.8 Å². The summed E-state index contributed by atoms with van der Waals surface area (Å²) in [6.45, 7) is -0.194. The van der Waals surface area contributed by atoms with Crippen molar-refractivity contribution in [2.24, 2.45) is 0 Å². The molecule has 0 bridgehead atoms. The summed E-state index contributed by atoms with van der Waals surface area (Å²) in [4.78, 5) is 18.0. The van der Waals surface area contributed by atoms with E-state index in [1.165, 1.54) is 23.1 Å². The molecule has 1 aliphatic rings. The molecule has 1 amide bonds. The van der Waals surface area contributed by atoms with Gasteiger partial charge in [0.15, 0.2) is 0 Å². The number of halogens is 3. The van der Waals surface area contributed by atoms with Crippen LogP contribution >= 0.6 is 11.6 Å². The molecular formula is C19H14ClF2N3O2. The lowest BCUT2D eigenvalue weighted by Crippen LogP contribution is -2.28. The molecule has 3 aromatic rings. The number of hydrogen-bond acceptors (Lipinski definition) is 4. The van der Waals surface area contributed by atoms with E-state index >= 15 is 0 Å². The van der Waals surface area contributed by atoms with Crippen LogP contribution in [0, 0.1) is 11.6 Å². The van der Waals surface area contributed by atoms with E-state index in [4.69, 9.17) is 16.1 Å². The summed E-state index contributed by atoms with van der Waals surface area (Å²) in [6, 6.07) is 10.0. The van der Waals surface area contributed by atoms with Crippen LogP contribution in [0.25, 0.3) is 11.4 Å². The van der Waals surface area contributed by atoms with Crippen molar-refractivity contribution >= 4 is 17.5 Å². The van der Waals surface area contributed by atoms with E-state index in [1.807, 2.05) is 0 Å². The van der Waals surface area contributed by atoms with Crippen molar-refractivity contribution in [1.29, 1.82) is 0 Å². The molecule has 4 rings (SSSR count). The van der Waals surface area contributed by atoms with Crippen molar-refractivity contribution in [1.82, 2.24) is 15.0 Å². The van der Waals surface area contributed by atoms with Crippen LogP contribution in [-0.2, 0) is 11.3 Å². The molecule has 1 atom stereocenters. The Balaban J connectivity index is 1.61. The lowest BCUT2D eigenvalue weighted by Gasteiger charge is -2.22. The molecule has 0 spiro atoms. The van der Waals surface area contributed by atoms with Crippen LogP contribution in [0.5, 0.6) is 0 Å². The van der Waals surface area contributed by atoms with Gasteiger partial charge in [-0.2, -0.15) is 4.98 Å². The fourth-order valence-electron chi connectivity index (χ4n) is 3.13. The van der Waals surface area contributed by atoms with Gasteiger partial charge < -0.3 is 9.42 Å². The van der Waals surface area contributed by atoms with Crippen LogP contribution in [-0.4, -0.2) is 20.9 Å². The average molecular weight is 390 g/mol. The predicted molar refractivity (Wildman–Crippen MR) is 93.6 cm³/mol. The van der Waals surface area contributed by atoms with Crippen molar-refractivity contribution in [2.45, 2.75) is 25.4 Å². The first-order valence-electron chi connectivity index (χ1n) is 8.35. The van der Waals surface area contributed by atoms with Gasteiger partial charge in [-0.25, -0.2) is 8.78 Å². The summed E-state index contributed by atoms with van der Waals surface area (Å²) < 4.78 is 33.3. The summed E-state index contributed by atoms with van der Waals surface area (Å²) in [5.41, 5.74) is 0.556. The molecule has 0 radical (unpaired) electrons. The van der Waals surface area contributed by atoms with Crippen molar-refractivity contribution in [3.05, 3.63) is 70.6 Å². The molecule has 27 heavy (non-hydrogen) atoms. The third kappa shape index (κ3) is 3.42. The van der Waals surface area contributed by atoms with Gasteiger partial charge in [-0.05, 0) is 42.8 Å². The summed E-state index contributed by atoms with van der Waals surface area (Å²) in [5.74, 6) is -1.00. The molecule has 2 aromatic carbocycles. The maximum atomic E-state index is 14.0. The largest absolute Gasteiger partial charge is 0.337 e. The minimum absolute atomic E-state index is 0.157. The SMILES string of the molecule is O=C1CCC(c2nc(-c3ccc(Cl)cc3)no2)N1Cc1c(F)cccc1F. The van der Waals surface area contributed by atoms with Gasteiger partial charge in [0.2, 0.25) is 17.6 Å². The smallest absolute Gasteiger partial charge is 0.249 e. The van der Waals surface area contributed by atoms with Crippen LogP contribution in [0.1, 0.15) is 30.3 Å². The summed E-state index contributed by atoms with van der Waals surface area (Å²) in [6.07, 6.45) is 0.691. The molecule has 0 N–H and O–H groups in total. The number of likely N-dealkylation sites (tertiary alicyclic amines) is 1. The molecule has 1 unspecified atom stereocenters. The number of nitrogens with zero attached hydrogens (tertiary/aromatic N) is 3. The Hall–Kier alpha value is -2.80. The molecule has 0 saturated carbocycles. The average Bonchev–Trinajstić information content (AvgIpc) is 3.26. The van der Waals surface area contributed by atoms with Gasteiger partial charge in [-0.3, -0.25) is 4.79 Å². The molecular weight excluding hydrogens is 376 g/mol. The number of hydrogen-bond donors (Lipinski definition) is 0. The maximum Gasteiger partial charge on any atom is 0.249 e. The highest BCUT2D eigenvalue weighted by Gasteiger charge is 2.36. The van der Waals surface area contributed by atoms with E-state index in [1.54, 1.807) is 24.3 Å².